The van der Waals surface area contributed by atoms with Crippen molar-refractivity contribution in [2.45, 2.75) is 39.7 Å². The molecule has 1 saturated heterocycles. The monoisotopic (exact) mass is 267 g/mol. The van der Waals surface area contributed by atoms with Gasteiger partial charge >= 0.3 is 0 Å². The standard InChI is InChI=1S/C14H25N3S/c1-4-13-9-16-14(18-13)11(3)17-7-6-12(10-17)8-15-5-2/h9,11-12,15H,4-8,10H2,1-3H3. The molecule has 1 fully saturated rings. The molecule has 0 aliphatic carbocycles. The number of nitrogens with one attached hydrogen (secondary N) is 1. The molecule has 0 radical (unpaired) electrons. The predicted molar refractivity (Wildman–Crippen MR) is 78.1 cm³/mol. The lowest BCUT2D eigenvalue weighted by molar-refractivity contribution is 0.251. The van der Waals surface area contributed by atoms with Crippen molar-refractivity contribution in [2.75, 3.05) is 26.2 Å². The van der Waals surface area contributed by atoms with Crippen molar-refractivity contribution in [1.82, 2.24) is 15.2 Å². The highest BCUT2D eigenvalue weighted by Crippen LogP contribution is 2.29. The Balaban J connectivity index is 1.88. The van der Waals surface area contributed by atoms with Crippen molar-refractivity contribution in [1.29, 1.82) is 0 Å². The Morgan fingerprint density at radius 2 is 2.39 bits per heavy atom. The molecule has 2 atom stereocenters. The molecule has 1 aromatic heterocycles. The first-order valence-corrected chi connectivity index (χ1v) is 7.95. The zero-order chi connectivity index (χ0) is 13.0. The molecule has 102 valence electrons. The maximum atomic E-state index is 4.58. The van der Waals surface area contributed by atoms with Crippen molar-refractivity contribution >= 4 is 11.3 Å². The summed E-state index contributed by atoms with van der Waals surface area (Å²) in [4.78, 5) is 8.57. The number of rotatable bonds is 6. The average Bonchev–Trinajstić information content (AvgIpc) is 3.04. The summed E-state index contributed by atoms with van der Waals surface area (Å²) >= 11 is 1.88. The molecular weight excluding hydrogens is 242 g/mol. The first-order valence-electron chi connectivity index (χ1n) is 7.14. The number of aryl methyl sites for hydroxylation is 1. The smallest absolute Gasteiger partial charge is 0.110 e. The predicted octanol–water partition coefficient (Wildman–Crippen LogP) is 2.70. The van der Waals surface area contributed by atoms with Gasteiger partial charge in [0.25, 0.3) is 0 Å². The topological polar surface area (TPSA) is 28.2 Å². The number of hydrogen-bond donors (Lipinski definition) is 1. The van der Waals surface area contributed by atoms with Gasteiger partial charge in [0, 0.05) is 17.6 Å². The Kier molecular flexibility index (Phi) is 5.15. The molecule has 2 rings (SSSR count). The lowest BCUT2D eigenvalue weighted by atomic mass is 10.1. The van der Waals surface area contributed by atoms with E-state index in [-0.39, 0.29) is 0 Å². The van der Waals surface area contributed by atoms with Crippen LogP contribution in [0.15, 0.2) is 6.20 Å². The second-order valence-corrected chi connectivity index (χ2v) is 6.30. The molecule has 2 unspecified atom stereocenters. The summed E-state index contributed by atoms with van der Waals surface area (Å²) in [5.74, 6) is 0.818. The quantitative estimate of drug-likeness (QED) is 0.859. The van der Waals surface area contributed by atoms with Crippen LogP contribution in [0.3, 0.4) is 0 Å². The second-order valence-electron chi connectivity index (χ2n) is 5.15. The van der Waals surface area contributed by atoms with Crippen LogP contribution in [0.4, 0.5) is 0 Å². The van der Waals surface area contributed by atoms with Gasteiger partial charge in [-0.2, -0.15) is 0 Å². The third-order valence-corrected chi connectivity index (χ3v) is 5.14. The highest BCUT2D eigenvalue weighted by molar-refractivity contribution is 7.11. The summed E-state index contributed by atoms with van der Waals surface area (Å²) in [6.45, 7) is 11.4. The van der Waals surface area contributed by atoms with Gasteiger partial charge in [0.2, 0.25) is 0 Å². The van der Waals surface area contributed by atoms with Crippen molar-refractivity contribution < 1.29 is 0 Å². The van der Waals surface area contributed by atoms with Crippen LogP contribution in [-0.2, 0) is 6.42 Å². The third kappa shape index (κ3) is 3.31. The first-order chi connectivity index (χ1) is 8.74. The van der Waals surface area contributed by atoms with E-state index in [4.69, 9.17) is 0 Å². The van der Waals surface area contributed by atoms with E-state index in [1.807, 2.05) is 17.5 Å². The minimum atomic E-state index is 0.488. The molecule has 1 N–H and O–H groups in total. The van der Waals surface area contributed by atoms with Crippen molar-refractivity contribution in [3.05, 3.63) is 16.1 Å². The fraction of sp³-hybridized carbons (Fsp3) is 0.786. The van der Waals surface area contributed by atoms with E-state index in [1.165, 1.54) is 29.4 Å². The molecule has 4 heteroatoms. The van der Waals surface area contributed by atoms with Crippen molar-refractivity contribution in [3.8, 4) is 0 Å². The molecule has 0 bridgehead atoms. The second kappa shape index (κ2) is 6.64. The molecule has 0 amide bonds. The Hall–Kier alpha value is -0.450. The van der Waals surface area contributed by atoms with Crippen LogP contribution in [0.1, 0.15) is 43.1 Å². The van der Waals surface area contributed by atoms with E-state index in [9.17, 15) is 0 Å². The SMILES string of the molecule is CCNCC1CCN(C(C)c2ncc(CC)s2)C1. The van der Waals surface area contributed by atoms with Gasteiger partial charge in [0.15, 0.2) is 0 Å². The molecule has 18 heavy (non-hydrogen) atoms. The zero-order valence-corrected chi connectivity index (χ0v) is 12.6. The number of thiazole rings is 1. The summed E-state index contributed by atoms with van der Waals surface area (Å²) in [7, 11) is 0. The lowest BCUT2D eigenvalue weighted by Gasteiger charge is -2.22. The summed E-state index contributed by atoms with van der Waals surface area (Å²) in [6.07, 6.45) is 4.47. The molecule has 0 saturated carbocycles. The van der Waals surface area contributed by atoms with Crippen molar-refractivity contribution in [2.24, 2.45) is 5.92 Å². The number of aromatic nitrogens is 1. The summed E-state index contributed by atoms with van der Waals surface area (Å²) in [5, 5.41) is 4.75. The fourth-order valence-electron chi connectivity index (χ4n) is 2.56. The Bertz CT molecular complexity index is 364. The van der Waals surface area contributed by atoms with E-state index < -0.39 is 0 Å². The molecule has 1 aliphatic rings. The molecule has 0 spiro atoms. The molecular formula is C14H25N3S. The van der Waals surface area contributed by atoms with Crippen molar-refractivity contribution in [3.63, 3.8) is 0 Å². The van der Waals surface area contributed by atoms with Crippen LogP contribution in [0.2, 0.25) is 0 Å². The largest absolute Gasteiger partial charge is 0.317 e. The average molecular weight is 267 g/mol. The number of nitrogens with zero attached hydrogens (tertiary/aromatic N) is 2. The van der Waals surface area contributed by atoms with Gasteiger partial charge in [-0.25, -0.2) is 4.98 Å². The molecule has 0 aromatic carbocycles. The molecule has 2 heterocycles. The van der Waals surface area contributed by atoms with E-state index in [0.29, 0.717) is 6.04 Å². The summed E-state index contributed by atoms with van der Waals surface area (Å²) < 4.78 is 0. The minimum absolute atomic E-state index is 0.488. The molecule has 1 aliphatic heterocycles. The van der Waals surface area contributed by atoms with Crippen LogP contribution in [0.25, 0.3) is 0 Å². The van der Waals surface area contributed by atoms with E-state index >= 15 is 0 Å². The van der Waals surface area contributed by atoms with Gasteiger partial charge in [-0.05, 0) is 45.3 Å². The zero-order valence-electron chi connectivity index (χ0n) is 11.8. The van der Waals surface area contributed by atoms with Crippen LogP contribution in [-0.4, -0.2) is 36.1 Å². The Labute approximate surface area is 115 Å². The minimum Gasteiger partial charge on any atom is -0.317 e. The van der Waals surface area contributed by atoms with Gasteiger partial charge in [-0.1, -0.05) is 13.8 Å². The van der Waals surface area contributed by atoms with Gasteiger partial charge in [0.05, 0.1) is 6.04 Å². The van der Waals surface area contributed by atoms with Crippen LogP contribution >= 0.6 is 11.3 Å². The Morgan fingerprint density at radius 1 is 1.56 bits per heavy atom. The normalized spacial score (nSPS) is 22.5. The van der Waals surface area contributed by atoms with Crippen LogP contribution < -0.4 is 5.32 Å². The fourth-order valence-corrected chi connectivity index (χ4v) is 3.51. The highest BCUT2D eigenvalue weighted by Gasteiger charge is 2.27. The number of likely N-dealkylation sites (tertiary alicyclic amines) is 1. The van der Waals surface area contributed by atoms with E-state index in [1.54, 1.807) is 0 Å². The number of hydrogen-bond acceptors (Lipinski definition) is 4. The van der Waals surface area contributed by atoms with Crippen LogP contribution in [0, 0.1) is 5.92 Å². The van der Waals surface area contributed by atoms with E-state index in [0.717, 1.165) is 25.4 Å². The first kappa shape index (κ1) is 14.0. The molecule has 3 nitrogen and oxygen atoms in total. The van der Waals surface area contributed by atoms with Gasteiger partial charge in [-0.15, -0.1) is 11.3 Å². The molecule has 1 aromatic rings. The van der Waals surface area contributed by atoms with Crippen LogP contribution in [0.5, 0.6) is 0 Å². The lowest BCUT2D eigenvalue weighted by Crippen LogP contribution is -2.28. The maximum Gasteiger partial charge on any atom is 0.110 e. The maximum absolute atomic E-state index is 4.58. The van der Waals surface area contributed by atoms with E-state index in [2.05, 4.69) is 36.0 Å². The van der Waals surface area contributed by atoms with Gasteiger partial charge < -0.3 is 5.32 Å². The van der Waals surface area contributed by atoms with Gasteiger partial charge in [0.1, 0.15) is 5.01 Å². The summed E-state index contributed by atoms with van der Waals surface area (Å²) in [6, 6.07) is 0.488. The Morgan fingerprint density at radius 3 is 3.06 bits per heavy atom. The van der Waals surface area contributed by atoms with Gasteiger partial charge in [-0.3, -0.25) is 4.90 Å². The third-order valence-electron chi connectivity index (χ3n) is 3.83. The summed E-state index contributed by atoms with van der Waals surface area (Å²) in [5.41, 5.74) is 0. The highest BCUT2D eigenvalue weighted by atomic mass is 32.1.